The highest BCUT2D eigenvalue weighted by Gasteiger charge is 2.14. The molecule has 0 amide bonds. The number of hydrogen-bond donors (Lipinski definition) is 1. The van der Waals surface area contributed by atoms with E-state index in [1.54, 1.807) is 12.1 Å². The van der Waals surface area contributed by atoms with Crippen molar-refractivity contribution in [2.75, 3.05) is 0 Å². The number of aromatic amines is 1. The summed E-state index contributed by atoms with van der Waals surface area (Å²) >= 11 is 1.21. The van der Waals surface area contributed by atoms with Gasteiger partial charge in [-0.15, -0.1) is 0 Å². The first kappa shape index (κ1) is 13.8. The molecule has 1 N–H and O–H groups in total. The molecule has 4 aromatic rings. The average molecular weight is 322 g/mol. The molecule has 2 heterocycles. The molecule has 0 radical (unpaired) electrons. The minimum Gasteiger partial charge on any atom is -0.275 e. The molecule has 0 fully saturated rings. The van der Waals surface area contributed by atoms with E-state index in [1.807, 2.05) is 36.4 Å². The van der Waals surface area contributed by atoms with Crippen LogP contribution in [0.5, 0.6) is 0 Å². The summed E-state index contributed by atoms with van der Waals surface area (Å²) in [4.78, 5) is 17.4. The zero-order valence-electron chi connectivity index (χ0n) is 11.9. The van der Waals surface area contributed by atoms with Gasteiger partial charge in [0.05, 0.1) is 11.1 Å². The normalized spacial score (nSPS) is 11.0. The van der Waals surface area contributed by atoms with Gasteiger partial charge in [-0.05, 0) is 40.9 Å². The van der Waals surface area contributed by atoms with Gasteiger partial charge < -0.3 is 0 Å². The SMILES string of the molecule is O=c1[nH]sc2nc(-c3ccccc3)cc(-c3ccc(F)cc3)c12. The van der Waals surface area contributed by atoms with Crippen molar-refractivity contribution >= 4 is 21.7 Å². The number of fused-ring (bicyclic) bond motifs is 1. The molecule has 2 aromatic heterocycles. The molecule has 0 unspecified atom stereocenters. The van der Waals surface area contributed by atoms with Gasteiger partial charge in [0.1, 0.15) is 10.6 Å². The van der Waals surface area contributed by atoms with E-state index in [2.05, 4.69) is 9.36 Å². The maximum absolute atomic E-state index is 13.2. The smallest absolute Gasteiger partial charge is 0.268 e. The first-order valence-electron chi connectivity index (χ1n) is 7.06. The third-order valence-electron chi connectivity index (χ3n) is 3.68. The summed E-state index contributed by atoms with van der Waals surface area (Å²) in [7, 11) is 0. The van der Waals surface area contributed by atoms with Crippen LogP contribution in [0.4, 0.5) is 4.39 Å². The van der Waals surface area contributed by atoms with Crippen molar-refractivity contribution in [1.29, 1.82) is 0 Å². The van der Waals surface area contributed by atoms with Crippen LogP contribution in [-0.2, 0) is 0 Å². The van der Waals surface area contributed by atoms with Gasteiger partial charge in [-0.2, -0.15) is 0 Å². The molecular weight excluding hydrogens is 311 g/mol. The molecule has 23 heavy (non-hydrogen) atoms. The molecule has 0 aliphatic heterocycles. The van der Waals surface area contributed by atoms with E-state index in [-0.39, 0.29) is 11.4 Å². The quantitative estimate of drug-likeness (QED) is 0.592. The molecule has 0 aliphatic carbocycles. The third-order valence-corrected chi connectivity index (χ3v) is 4.45. The van der Waals surface area contributed by atoms with E-state index in [4.69, 9.17) is 0 Å². The Balaban J connectivity index is 2.03. The second-order valence-electron chi connectivity index (χ2n) is 5.14. The van der Waals surface area contributed by atoms with E-state index < -0.39 is 0 Å². The van der Waals surface area contributed by atoms with Crippen molar-refractivity contribution in [2.24, 2.45) is 0 Å². The lowest BCUT2D eigenvalue weighted by atomic mass is 10.0. The number of halogens is 1. The Kier molecular flexibility index (Phi) is 3.28. The Morgan fingerprint density at radius 2 is 1.70 bits per heavy atom. The minimum atomic E-state index is -0.304. The maximum atomic E-state index is 13.2. The van der Waals surface area contributed by atoms with E-state index in [0.717, 1.165) is 22.4 Å². The number of nitrogens with one attached hydrogen (secondary N) is 1. The molecule has 0 atom stereocenters. The Morgan fingerprint density at radius 3 is 2.43 bits per heavy atom. The van der Waals surface area contributed by atoms with Crippen molar-refractivity contribution in [2.45, 2.75) is 0 Å². The van der Waals surface area contributed by atoms with E-state index in [9.17, 15) is 9.18 Å². The van der Waals surface area contributed by atoms with E-state index in [0.29, 0.717) is 10.2 Å². The summed E-state index contributed by atoms with van der Waals surface area (Å²) < 4.78 is 15.9. The van der Waals surface area contributed by atoms with Crippen LogP contribution in [0.3, 0.4) is 0 Å². The number of benzene rings is 2. The molecule has 0 aliphatic rings. The van der Waals surface area contributed by atoms with Crippen molar-refractivity contribution in [1.82, 2.24) is 9.36 Å². The highest BCUT2D eigenvalue weighted by Crippen LogP contribution is 2.31. The molecule has 2 aromatic carbocycles. The lowest BCUT2D eigenvalue weighted by Gasteiger charge is -2.07. The van der Waals surface area contributed by atoms with Gasteiger partial charge in [0.15, 0.2) is 0 Å². The Bertz CT molecular complexity index is 1040. The summed E-state index contributed by atoms with van der Waals surface area (Å²) in [6, 6.07) is 17.8. The number of nitrogens with zero attached hydrogens (tertiary/aromatic N) is 1. The minimum absolute atomic E-state index is 0.170. The van der Waals surface area contributed by atoms with Crippen LogP contribution in [0.25, 0.3) is 32.6 Å². The van der Waals surface area contributed by atoms with Gasteiger partial charge >= 0.3 is 0 Å². The number of hydrogen-bond acceptors (Lipinski definition) is 3. The van der Waals surface area contributed by atoms with Crippen LogP contribution in [0.15, 0.2) is 65.5 Å². The average Bonchev–Trinajstić information content (AvgIpc) is 2.97. The predicted molar refractivity (Wildman–Crippen MR) is 91.1 cm³/mol. The molecule has 4 rings (SSSR count). The van der Waals surface area contributed by atoms with Gasteiger partial charge in [0.2, 0.25) is 0 Å². The fourth-order valence-corrected chi connectivity index (χ4v) is 3.31. The van der Waals surface area contributed by atoms with Gasteiger partial charge in [0.25, 0.3) is 5.56 Å². The van der Waals surface area contributed by atoms with Crippen LogP contribution in [-0.4, -0.2) is 9.36 Å². The predicted octanol–water partition coefficient (Wildman–Crippen LogP) is 4.46. The summed E-state index contributed by atoms with van der Waals surface area (Å²) in [5.74, 6) is -0.304. The van der Waals surface area contributed by atoms with Gasteiger partial charge in [-0.1, -0.05) is 42.5 Å². The molecule has 0 bridgehead atoms. The van der Waals surface area contributed by atoms with Gasteiger partial charge in [-0.25, -0.2) is 9.37 Å². The zero-order valence-corrected chi connectivity index (χ0v) is 12.7. The van der Waals surface area contributed by atoms with E-state index >= 15 is 0 Å². The lowest BCUT2D eigenvalue weighted by molar-refractivity contribution is 0.628. The topological polar surface area (TPSA) is 45.8 Å². The maximum Gasteiger partial charge on any atom is 0.268 e. The van der Waals surface area contributed by atoms with Crippen LogP contribution >= 0.6 is 11.5 Å². The summed E-state index contributed by atoms with van der Waals surface area (Å²) in [6.45, 7) is 0. The lowest BCUT2D eigenvalue weighted by Crippen LogP contribution is -2.00. The zero-order chi connectivity index (χ0) is 15.8. The van der Waals surface area contributed by atoms with Gasteiger partial charge in [-0.3, -0.25) is 9.17 Å². The van der Waals surface area contributed by atoms with Crippen LogP contribution in [0.1, 0.15) is 0 Å². The molecule has 0 spiro atoms. The second-order valence-corrected chi connectivity index (χ2v) is 5.94. The van der Waals surface area contributed by atoms with Crippen molar-refractivity contribution in [3.63, 3.8) is 0 Å². The van der Waals surface area contributed by atoms with Crippen LogP contribution < -0.4 is 5.56 Å². The highest BCUT2D eigenvalue weighted by atomic mass is 32.1. The van der Waals surface area contributed by atoms with Crippen molar-refractivity contribution < 1.29 is 4.39 Å². The fraction of sp³-hybridized carbons (Fsp3) is 0. The van der Waals surface area contributed by atoms with Crippen LogP contribution in [0, 0.1) is 5.82 Å². The van der Waals surface area contributed by atoms with Crippen LogP contribution in [0.2, 0.25) is 0 Å². The molecule has 0 saturated heterocycles. The molecule has 3 nitrogen and oxygen atoms in total. The first-order chi connectivity index (χ1) is 11.2. The highest BCUT2D eigenvalue weighted by molar-refractivity contribution is 7.12. The standard InChI is InChI=1S/C18H11FN2OS/c19-13-8-6-11(7-9-13)14-10-15(12-4-2-1-3-5-12)20-18-16(14)17(22)21-23-18/h1-10H,(H,21,22). The molecule has 112 valence electrons. The third kappa shape index (κ3) is 2.45. The number of pyridine rings is 1. The molecular formula is C18H11FN2OS. The summed E-state index contributed by atoms with van der Waals surface area (Å²) in [5.41, 5.74) is 3.14. The summed E-state index contributed by atoms with van der Waals surface area (Å²) in [5, 5.41) is 0.543. The fourth-order valence-electron chi connectivity index (χ4n) is 2.57. The largest absolute Gasteiger partial charge is 0.275 e. The number of H-pyrrole nitrogens is 1. The monoisotopic (exact) mass is 322 g/mol. The van der Waals surface area contributed by atoms with E-state index in [1.165, 1.54) is 23.7 Å². The first-order valence-corrected chi connectivity index (χ1v) is 7.87. The Morgan fingerprint density at radius 1 is 0.957 bits per heavy atom. The van der Waals surface area contributed by atoms with Crippen molar-refractivity contribution in [3.8, 4) is 22.4 Å². The molecule has 0 saturated carbocycles. The van der Waals surface area contributed by atoms with Gasteiger partial charge in [0, 0.05) is 5.56 Å². The van der Waals surface area contributed by atoms with Crippen molar-refractivity contribution in [3.05, 3.63) is 76.8 Å². The summed E-state index contributed by atoms with van der Waals surface area (Å²) in [6.07, 6.45) is 0. The Labute approximate surface area is 135 Å². The number of aromatic nitrogens is 2. The Hall–Kier alpha value is -2.79. The second kappa shape index (κ2) is 5.44. The molecule has 5 heteroatoms. The number of rotatable bonds is 2.